The molecule has 5 heteroatoms. The summed E-state index contributed by atoms with van der Waals surface area (Å²) in [5, 5.41) is 6.13. The number of hydrogen-bond acceptors (Lipinski definition) is 3. The van der Waals surface area contributed by atoms with E-state index in [1.165, 1.54) is 4.68 Å². The molecule has 2 aromatic carbocycles. The minimum Gasteiger partial charge on any atom is -0.336 e. The van der Waals surface area contributed by atoms with E-state index in [2.05, 4.69) is 32.0 Å². The van der Waals surface area contributed by atoms with Crippen molar-refractivity contribution in [1.29, 1.82) is 0 Å². The second-order valence-corrected chi connectivity index (χ2v) is 8.61. The summed E-state index contributed by atoms with van der Waals surface area (Å²) < 4.78 is 1.36. The topological polar surface area (TPSA) is 55.2 Å². The van der Waals surface area contributed by atoms with Gasteiger partial charge in [-0.25, -0.2) is 4.68 Å². The number of carbonyl (C=O) groups is 1. The molecule has 1 aliphatic heterocycles. The van der Waals surface area contributed by atoms with Crippen molar-refractivity contribution in [3.05, 3.63) is 63.9 Å². The van der Waals surface area contributed by atoms with Gasteiger partial charge in [-0.1, -0.05) is 35.9 Å². The van der Waals surface area contributed by atoms with Gasteiger partial charge in [0.1, 0.15) is 6.54 Å². The van der Waals surface area contributed by atoms with E-state index in [1.54, 1.807) is 0 Å². The number of aromatic nitrogens is 2. The summed E-state index contributed by atoms with van der Waals surface area (Å²) in [7, 11) is 0. The first-order chi connectivity index (χ1) is 14.4. The van der Waals surface area contributed by atoms with Crippen LogP contribution in [-0.2, 0) is 11.3 Å². The van der Waals surface area contributed by atoms with Gasteiger partial charge in [-0.15, -0.1) is 0 Å². The highest BCUT2D eigenvalue weighted by atomic mass is 16.2. The van der Waals surface area contributed by atoms with Crippen LogP contribution in [0.4, 0.5) is 0 Å². The number of benzene rings is 2. The van der Waals surface area contributed by atoms with Crippen LogP contribution in [-0.4, -0.2) is 32.7 Å². The average Bonchev–Trinajstić information content (AvgIpc) is 2.72. The predicted molar refractivity (Wildman–Crippen MR) is 121 cm³/mol. The lowest BCUT2D eigenvalue weighted by Crippen LogP contribution is -2.49. The molecule has 2 heterocycles. The van der Waals surface area contributed by atoms with Crippen LogP contribution in [0.5, 0.6) is 0 Å². The Bertz CT molecular complexity index is 1150. The zero-order chi connectivity index (χ0) is 21.4. The molecule has 1 aromatic heterocycles. The number of amides is 1. The van der Waals surface area contributed by atoms with E-state index in [-0.39, 0.29) is 30.1 Å². The van der Waals surface area contributed by atoms with E-state index in [0.29, 0.717) is 5.39 Å². The lowest BCUT2D eigenvalue weighted by molar-refractivity contribution is -0.138. The molecule has 30 heavy (non-hydrogen) atoms. The normalized spacial score (nSPS) is 19.3. The van der Waals surface area contributed by atoms with Crippen molar-refractivity contribution in [2.24, 2.45) is 0 Å². The molecule has 1 aliphatic rings. The number of nitrogens with zero attached hydrogens (tertiary/aromatic N) is 3. The quantitative estimate of drug-likeness (QED) is 0.648. The molecule has 0 N–H and O–H groups in total. The van der Waals surface area contributed by atoms with Gasteiger partial charge in [0.05, 0.1) is 11.1 Å². The zero-order valence-electron chi connectivity index (χ0n) is 18.2. The summed E-state index contributed by atoms with van der Waals surface area (Å²) >= 11 is 0. The van der Waals surface area contributed by atoms with Crippen molar-refractivity contribution in [2.75, 3.05) is 0 Å². The Labute approximate surface area is 177 Å². The highest BCUT2D eigenvalue weighted by Gasteiger charge is 2.29. The molecule has 1 saturated heterocycles. The molecule has 1 amide bonds. The third kappa shape index (κ3) is 3.64. The molecule has 0 bridgehead atoms. The van der Waals surface area contributed by atoms with E-state index in [0.717, 1.165) is 47.0 Å². The largest absolute Gasteiger partial charge is 0.336 e. The fourth-order valence-electron chi connectivity index (χ4n) is 4.65. The van der Waals surface area contributed by atoms with Gasteiger partial charge in [0, 0.05) is 23.0 Å². The van der Waals surface area contributed by atoms with Gasteiger partial charge >= 0.3 is 0 Å². The minimum atomic E-state index is -0.217. The predicted octanol–water partition coefficient (Wildman–Crippen LogP) is 4.47. The molecular formula is C25H29N3O2. The third-order valence-electron chi connectivity index (χ3n) is 6.28. The second-order valence-electron chi connectivity index (χ2n) is 8.61. The number of carbonyl (C=O) groups excluding carboxylic acids is 1. The summed E-state index contributed by atoms with van der Waals surface area (Å²) in [4.78, 5) is 28.3. The molecule has 0 radical (unpaired) electrons. The van der Waals surface area contributed by atoms with E-state index >= 15 is 0 Å². The van der Waals surface area contributed by atoms with Crippen LogP contribution >= 0.6 is 0 Å². The molecule has 0 spiro atoms. The van der Waals surface area contributed by atoms with Gasteiger partial charge in [0.2, 0.25) is 5.91 Å². The monoisotopic (exact) mass is 403 g/mol. The van der Waals surface area contributed by atoms with Gasteiger partial charge in [-0.05, 0) is 64.7 Å². The molecule has 4 rings (SSSR count). The lowest BCUT2D eigenvalue weighted by atomic mass is 9.97. The Morgan fingerprint density at radius 2 is 1.70 bits per heavy atom. The van der Waals surface area contributed by atoms with Crippen LogP contribution in [0.1, 0.15) is 44.2 Å². The van der Waals surface area contributed by atoms with Gasteiger partial charge < -0.3 is 4.90 Å². The molecular weight excluding hydrogens is 374 g/mol. The van der Waals surface area contributed by atoms with Crippen molar-refractivity contribution < 1.29 is 4.79 Å². The van der Waals surface area contributed by atoms with Gasteiger partial charge in [-0.2, -0.15) is 5.10 Å². The molecule has 0 unspecified atom stereocenters. The van der Waals surface area contributed by atoms with Crippen LogP contribution in [0.15, 0.2) is 47.3 Å². The molecule has 156 valence electrons. The van der Waals surface area contributed by atoms with Crippen LogP contribution < -0.4 is 5.56 Å². The Morgan fingerprint density at radius 1 is 1.03 bits per heavy atom. The number of fused-ring (bicyclic) bond motifs is 1. The molecule has 3 aromatic rings. The highest BCUT2D eigenvalue weighted by Crippen LogP contribution is 2.28. The zero-order valence-corrected chi connectivity index (χ0v) is 18.2. The summed E-state index contributed by atoms with van der Waals surface area (Å²) in [6.07, 6.45) is 3.14. The maximum atomic E-state index is 13.2. The van der Waals surface area contributed by atoms with Crippen molar-refractivity contribution in [3.63, 3.8) is 0 Å². The maximum Gasteiger partial charge on any atom is 0.275 e. The minimum absolute atomic E-state index is 0.0315. The first-order valence-electron chi connectivity index (χ1n) is 10.8. The Balaban J connectivity index is 1.83. The van der Waals surface area contributed by atoms with Crippen molar-refractivity contribution >= 4 is 16.7 Å². The van der Waals surface area contributed by atoms with E-state index in [4.69, 9.17) is 5.10 Å². The fraction of sp³-hybridized carbons (Fsp3) is 0.400. The van der Waals surface area contributed by atoms with Crippen molar-refractivity contribution in [2.45, 2.75) is 65.6 Å². The standard InChI is InChI=1S/C25H29N3O2/c1-16-12-13-17(2)22(14-16)24-20-10-5-6-11-21(20)25(30)27(26-24)15-23(29)28-18(3)8-7-9-19(28)4/h5-6,10-14,18-19H,7-9,15H2,1-4H3/t18-,19+. The number of hydrogen-bond donors (Lipinski definition) is 0. The third-order valence-corrected chi connectivity index (χ3v) is 6.28. The molecule has 2 atom stereocenters. The van der Waals surface area contributed by atoms with Gasteiger partial charge in [0.15, 0.2) is 0 Å². The molecule has 1 fully saturated rings. The second kappa shape index (κ2) is 8.05. The van der Waals surface area contributed by atoms with E-state index in [1.807, 2.05) is 43.0 Å². The first kappa shape index (κ1) is 20.3. The molecule has 0 aliphatic carbocycles. The summed E-state index contributed by atoms with van der Waals surface area (Å²) in [5.41, 5.74) is 3.75. The van der Waals surface area contributed by atoms with Crippen LogP contribution in [0.2, 0.25) is 0 Å². The Morgan fingerprint density at radius 3 is 2.40 bits per heavy atom. The van der Waals surface area contributed by atoms with Crippen LogP contribution in [0.25, 0.3) is 22.0 Å². The Kier molecular flexibility index (Phi) is 5.46. The lowest BCUT2D eigenvalue weighted by Gasteiger charge is -2.39. The van der Waals surface area contributed by atoms with E-state index < -0.39 is 0 Å². The van der Waals surface area contributed by atoms with Gasteiger partial charge in [-0.3, -0.25) is 9.59 Å². The van der Waals surface area contributed by atoms with Crippen LogP contribution in [0.3, 0.4) is 0 Å². The van der Waals surface area contributed by atoms with Crippen molar-refractivity contribution in [1.82, 2.24) is 14.7 Å². The summed E-state index contributed by atoms with van der Waals surface area (Å²) in [6.45, 7) is 8.24. The summed E-state index contributed by atoms with van der Waals surface area (Å²) in [6, 6.07) is 14.1. The number of piperidine rings is 1. The SMILES string of the molecule is Cc1ccc(C)c(-c2nn(CC(=O)N3[C@H](C)CCC[C@@H]3C)c(=O)c3ccccc23)c1. The smallest absolute Gasteiger partial charge is 0.275 e. The van der Waals surface area contributed by atoms with Crippen molar-refractivity contribution in [3.8, 4) is 11.3 Å². The van der Waals surface area contributed by atoms with Crippen LogP contribution in [0, 0.1) is 13.8 Å². The van der Waals surface area contributed by atoms with Gasteiger partial charge in [0.25, 0.3) is 5.56 Å². The average molecular weight is 404 g/mol. The Hall–Kier alpha value is -2.95. The number of rotatable bonds is 3. The first-order valence-corrected chi connectivity index (χ1v) is 10.8. The fourth-order valence-corrected chi connectivity index (χ4v) is 4.65. The molecule has 0 saturated carbocycles. The number of aryl methyl sites for hydroxylation is 2. The highest BCUT2D eigenvalue weighted by molar-refractivity contribution is 5.94. The van der Waals surface area contributed by atoms with E-state index in [9.17, 15) is 9.59 Å². The molecule has 5 nitrogen and oxygen atoms in total. The summed E-state index contributed by atoms with van der Waals surface area (Å²) in [5.74, 6) is -0.0357. The number of likely N-dealkylation sites (tertiary alicyclic amines) is 1. The maximum absolute atomic E-state index is 13.2.